The van der Waals surface area contributed by atoms with E-state index in [9.17, 15) is 4.39 Å². The van der Waals surface area contributed by atoms with E-state index in [2.05, 4.69) is 53.1 Å². The summed E-state index contributed by atoms with van der Waals surface area (Å²) in [6.45, 7) is 9.07. The topological polar surface area (TPSA) is 59.5 Å². The number of rotatable bonds is 6. The van der Waals surface area contributed by atoms with Gasteiger partial charge in [0.15, 0.2) is 0 Å². The van der Waals surface area contributed by atoms with Crippen LogP contribution >= 0.6 is 0 Å². The summed E-state index contributed by atoms with van der Waals surface area (Å²) >= 11 is 0. The zero-order valence-corrected chi connectivity index (χ0v) is 20.6. The standard InChI is InChI=1S/C27H37FN4O2/c1-27(2,3)19-6-4-18(5-7-19)15-34-25-24(28)14-29-26(31-25)30-20-8-10-21(11-9-20)32-22-12-13-23(32)17-33-16-22/h8-11,14,18-19,22-23H,4-7,12-13,15-17H2,1-3H3,(H,29,30,31). The number of nitrogens with zero attached hydrogens (tertiary/aromatic N) is 3. The van der Waals surface area contributed by atoms with Gasteiger partial charge in [-0.3, -0.25) is 0 Å². The minimum Gasteiger partial charge on any atom is -0.475 e. The maximum absolute atomic E-state index is 14.3. The average molecular weight is 469 g/mol. The maximum Gasteiger partial charge on any atom is 0.255 e. The van der Waals surface area contributed by atoms with Gasteiger partial charge in [0.05, 0.1) is 38.1 Å². The van der Waals surface area contributed by atoms with Gasteiger partial charge in [0, 0.05) is 11.4 Å². The van der Waals surface area contributed by atoms with Crippen molar-refractivity contribution >= 4 is 17.3 Å². The Morgan fingerprint density at radius 1 is 1.03 bits per heavy atom. The largest absolute Gasteiger partial charge is 0.475 e. The van der Waals surface area contributed by atoms with Crippen molar-refractivity contribution in [2.75, 3.05) is 30.0 Å². The first kappa shape index (κ1) is 23.3. The molecule has 2 atom stereocenters. The van der Waals surface area contributed by atoms with Crippen LogP contribution < -0.4 is 15.0 Å². The van der Waals surface area contributed by atoms with Crippen molar-refractivity contribution < 1.29 is 13.9 Å². The molecule has 2 aliphatic heterocycles. The molecular formula is C27H37FN4O2. The van der Waals surface area contributed by atoms with Gasteiger partial charge in [0.1, 0.15) is 0 Å². The molecule has 34 heavy (non-hydrogen) atoms. The van der Waals surface area contributed by atoms with Crippen LogP contribution in [-0.4, -0.2) is 41.9 Å². The zero-order chi connectivity index (χ0) is 23.7. The summed E-state index contributed by atoms with van der Waals surface area (Å²) in [7, 11) is 0. The summed E-state index contributed by atoms with van der Waals surface area (Å²) in [5, 5.41) is 3.19. The number of morpholine rings is 1. The molecule has 3 heterocycles. The van der Waals surface area contributed by atoms with Gasteiger partial charge in [-0.05, 0) is 80.0 Å². The van der Waals surface area contributed by atoms with Crippen molar-refractivity contribution in [3.8, 4) is 5.88 Å². The van der Waals surface area contributed by atoms with Crippen LogP contribution in [0.3, 0.4) is 0 Å². The van der Waals surface area contributed by atoms with Crippen molar-refractivity contribution in [1.82, 2.24) is 9.97 Å². The van der Waals surface area contributed by atoms with Crippen LogP contribution in [0.2, 0.25) is 0 Å². The summed E-state index contributed by atoms with van der Waals surface area (Å²) < 4.78 is 25.8. The number of benzene rings is 1. The Morgan fingerprint density at radius 2 is 1.71 bits per heavy atom. The lowest BCUT2D eigenvalue weighted by Crippen LogP contribution is -2.45. The number of halogens is 1. The molecule has 184 valence electrons. The van der Waals surface area contributed by atoms with Crippen LogP contribution in [0.5, 0.6) is 5.88 Å². The Kier molecular flexibility index (Phi) is 6.65. The molecule has 6 nitrogen and oxygen atoms in total. The molecule has 1 N–H and O–H groups in total. The van der Waals surface area contributed by atoms with Gasteiger partial charge >= 0.3 is 0 Å². The first-order chi connectivity index (χ1) is 16.4. The number of fused-ring (bicyclic) bond motifs is 2. The van der Waals surface area contributed by atoms with Gasteiger partial charge < -0.3 is 19.7 Å². The van der Waals surface area contributed by atoms with Crippen LogP contribution in [0.15, 0.2) is 30.5 Å². The van der Waals surface area contributed by atoms with E-state index in [-0.39, 0.29) is 5.88 Å². The van der Waals surface area contributed by atoms with Gasteiger partial charge in [-0.1, -0.05) is 20.8 Å². The molecule has 3 fully saturated rings. The Labute approximate surface area is 202 Å². The molecule has 7 heteroatoms. The predicted molar refractivity (Wildman–Crippen MR) is 132 cm³/mol. The Morgan fingerprint density at radius 3 is 2.35 bits per heavy atom. The van der Waals surface area contributed by atoms with Crippen molar-refractivity contribution in [2.24, 2.45) is 17.3 Å². The second-order valence-corrected chi connectivity index (χ2v) is 11.2. The smallest absolute Gasteiger partial charge is 0.255 e. The summed E-state index contributed by atoms with van der Waals surface area (Å²) in [6.07, 6.45) is 8.22. The lowest BCUT2D eigenvalue weighted by Gasteiger charge is -2.36. The number of hydrogen-bond donors (Lipinski definition) is 1. The highest BCUT2D eigenvalue weighted by Crippen LogP contribution is 2.40. The third-order valence-corrected chi connectivity index (χ3v) is 7.90. The number of aromatic nitrogens is 2. The Hall–Kier alpha value is -2.41. The first-order valence-electron chi connectivity index (χ1n) is 12.8. The molecule has 3 aliphatic rings. The molecule has 5 rings (SSSR count). The van der Waals surface area contributed by atoms with Crippen LogP contribution in [-0.2, 0) is 4.74 Å². The van der Waals surface area contributed by atoms with E-state index in [0.29, 0.717) is 36.0 Å². The number of ether oxygens (including phenoxy) is 2. The number of anilines is 3. The molecule has 1 aliphatic carbocycles. The van der Waals surface area contributed by atoms with Crippen LogP contribution in [0.1, 0.15) is 59.3 Å². The van der Waals surface area contributed by atoms with E-state index in [4.69, 9.17) is 9.47 Å². The molecule has 1 saturated carbocycles. The highest BCUT2D eigenvalue weighted by Gasteiger charge is 2.37. The molecule has 0 spiro atoms. The van der Waals surface area contributed by atoms with E-state index in [1.165, 1.54) is 37.6 Å². The second-order valence-electron chi connectivity index (χ2n) is 11.2. The summed E-state index contributed by atoms with van der Waals surface area (Å²) in [6, 6.07) is 9.22. The first-order valence-corrected chi connectivity index (χ1v) is 12.8. The molecule has 0 amide bonds. The number of hydrogen-bond acceptors (Lipinski definition) is 6. The van der Waals surface area contributed by atoms with Crippen LogP contribution in [0.25, 0.3) is 0 Å². The van der Waals surface area contributed by atoms with Gasteiger partial charge in [-0.25, -0.2) is 4.98 Å². The van der Waals surface area contributed by atoms with Gasteiger partial charge in [-0.2, -0.15) is 9.37 Å². The fourth-order valence-electron chi connectivity index (χ4n) is 5.80. The number of nitrogens with one attached hydrogen (secondary N) is 1. The van der Waals surface area contributed by atoms with Crippen LogP contribution in [0, 0.1) is 23.1 Å². The van der Waals surface area contributed by atoms with Crippen LogP contribution in [0.4, 0.5) is 21.7 Å². The molecule has 0 radical (unpaired) electrons. The minimum absolute atomic E-state index is 0.0250. The maximum atomic E-state index is 14.3. The molecule has 2 aromatic rings. The van der Waals surface area contributed by atoms with E-state index in [0.717, 1.165) is 37.7 Å². The van der Waals surface area contributed by atoms with E-state index in [1.54, 1.807) is 0 Å². The zero-order valence-electron chi connectivity index (χ0n) is 20.6. The molecule has 2 bridgehead atoms. The van der Waals surface area contributed by atoms with Crippen molar-refractivity contribution in [3.05, 3.63) is 36.3 Å². The molecular weight excluding hydrogens is 431 g/mol. The monoisotopic (exact) mass is 468 g/mol. The third kappa shape index (κ3) is 5.14. The molecule has 2 saturated heterocycles. The van der Waals surface area contributed by atoms with Gasteiger partial charge in [-0.15, -0.1) is 0 Å². The summed E-state index contributed by atoms with van der Waals surface area (Å²) in [5.41, 5.74) is 2.43. The normalized spacial score (nSPS) is 27.0. The van der Waals surface area contributed by atoms with Gasteiger partial charge in [0.25, 0.3) is 5.88 Å². The Bertz CT molecular complexity index is 954. The highest BCUT2D eigenvalue weighted by molar-refractivity contribution is 5.60. The molecule has 2 unspecified atom stereocenters. The third-order valence-electron chi connectivity index (χ3n) is 7.90. The molecule has 1 aromatic carbocycles. The average Bonchev–Trinajstić information content (AvgIpc) is 3.07. The molecule has 1 aromatic heterocycles. The lowest BCUT2D eigenvalue weighted by atomic mass is 9.70. The summed E-state index contributed by atoms with van der Waals surface area (Å²) in [5.74, 6) is 1.04. The van der Waals surface area contributed by atoms with E-state index >= 15 is 0 Å². The Balaban J connectivity index is 1.17. The van der Waals surface area contributed by atoms with Crippen molar-refractivity contribution in [1.29, 1.82) is 0 Å². The SMILES string of the molecule is CC(C)(C)C1CCC(COc2nc(Nc3ccc(N4C5CCC4COC5)cc3)ncc2F)CC1. The fraction of sp³-hybridized carbons (Fsp3) is 0.630. The van der Waals surface area contributed by atoms with Crippen molar-refractivity contribution in [3.63, 3.8) is 0 Å². The minimum atomic E-state index is -0.521. The fourth-order valence-corrected chi connectivity index (χ4v) is 5.80. The highest BCUT2D eigenvalue weighted by atomic mass is 19.1. The second kappa shape index (κ2) is 9.68. The van der Waals surface area contributed by atoms with E-state index in [1.807, 2.05) is 12.1 Å². The lowest BCUT2D eigenvalue weighted by molar-refractivity contribution is 0.0906. The summed E-state index contributed by atoms with van der Waals surface area (Å²) in [4.78, 5) is 10.9. The van der Waals surface area contributed by atoms with Gasteiger partial charge in [0.2, 0.25) is 11.8 Å². The predicted octanol–water partition coefficient (Wildman–Crippen LogP) is 5.96. The quantitative estimate of drug-likeness (QED) is 0.565. The van der Waals surface area contributed by atoms with Crippen molar-refractivity contribution in [2.45, 2.75) is 71.4 Å². The van der Waals surface area contributed by atoms with E-state index < -0.39 is 5.82 Å².